The molecule has 92 valence electrons. The van der Waals surface area contributed by atoms with E-state index in [0.717, 1.165) is 0 Å². The third-order valence-electron chi connectivity index (χ3n) is 3.80. The molecule has 0 saturated heterocycles. The van der Waals surface area contributed by atoms with E-state index in [-0.39, 0.29) is 0 Å². The molecule has 17 heavy (non-hydrogen) atoms. The van der Waals surface area contributed by atoms with Crippen LogP contribution < -0.4 is 5.30 Å². The summed E-state index contributed by atoms with van der Waals surface area (Å²) in [6.07, 6.45) is 10.7. The predicted octanol–water partition coefficient (Wildman–Crippen LogP) is 4.91. The van der Waals surface area contributed by atoms with Gasteiger partial charge in [-0.25, -0.2) is 0 Å². The molecule has 1 unspecified atom stereocenters. The van der Waals surface area contributed by atoms with Gasteiger partial charge in [-0.3, -0.25) is 0 Å². The monoisotopic (exact) mass is 247 g/mol. The van der Waals surface area contributed by atoms with E-state index in [1.165, 1.54) is 43.8 Å². The fourth-order valence-electron chi connectivity index (χ4n) is 2.66. The Morgan fingerprint density at radius 3 is 2.59 bits per heavy atom. The highest BCUT2D eigenvalue weighted by molar-refractivity contribution is 7.85. The van der Waals surface area contributed by atoms with Crippen LogP contribution in [0.1, 0.15) is 44.6 Å². The lowest BCUT2D eigenvalue weighted by atomic mass is 10.2. The van der Waals surface area contributed by atoms with Crippen LogP contribution in [-0.4, -0.2) is 12.8 Å². The van der Waals surface area contributed by atoms with Crippen molar-refractivity contribution in [2.45, 2.75) is 39.0 Å². The Morgan fingerprint density at radius 1 is 1.00 bits per heavy atom. The van der Waals surface area contributed by atoms with Crippen LogP contribution in [0, 0.1) is 0 Å². The molecule has 0 spiro atoms. The molecule has 0 radical (unpaired) electrons. The van der Waals surface area contributed by atoms with Crippen molar-refractivity contribution in [2.75, 3.05) is 12.8 Å². The summed E-state index contributed by atoms with van der Waals surface area (Å²) in [5, 5.41) is 1.63. The molecule has 2 rings (SSSR count). The van der Waals surface area contributed by atoms with Gasteiger partial charge in [-0.05, 0) is 25.0 Å². The Kier molecular flexibility index (Phi) is 4.40. The molecule has 0 nitrogen and oxygen atoms in total. The zero-order chi connectivity index (χ0) is 12.1. The van der Waals surface area contributed by atoms with E-state index >= 15 is 0 Å². The highest BCUT2D eigenvalue weighted by Crippen LogP contribution is 2.60. The van der Waals surface area contributed by atoms with Gasteiger partial charge in [-0.2, -0.15) is 0 Å². The molecule has 0 bridgehead atoms. The van der Waals surface area contributed by atoms with Gasteiger partial charge in [0.25, 0.3) is 0 Å². The van der Waals surface area contributed by atoms with E-state index in [9.17, 15) is 0 Å². The van der Waals surface area contributed by atoms with Gasteiger partial charge in [-0.1, -0.05) is 44.4 Å². The van der Waals surface area contributed by atoms with Crippen molar-refractivity contribution in [3.63, 3.8) is 0 Å². The second kappa shape index (κ2) is 5.83. The quantitative estimate of drug-likeness (QED) is 0.494. The number of hydrogen-bond donors (Lipinski definition) is 0. The fourth-order valence-corrected chi connectivity index (χ4v) is 5.74. The van der Waals surface area contributed by atoms with Crippen molar-refractivity contribution < 1.29 is 0 Å². The van der Waals surface area contributed by atoms with Gasteiger partial charge in [0.05, 0.1) is 25.9 Å². The van der Waals surface area contributed by atoms with E-state index < -0.39 is 7.26 Å². The Hall–Kier alpha value is -0.610. The van der Waals surface area contributed by atoms with Gasteiger partial charge >= 0.3 is 0 Å². The van der Waals surface area contributed by atoms with E-state index in [4.69, 9.17) is 0 Å². The van der Waals surface area contributed by atoms with E-state index in [0.29, 0.717) is 0 Å². The normalized spacial score (nSPS) is 21.8. The average molecular weight is 247 g/mol. The number of unbranched alkanes of at least 4 members (excludes halogenated alkanes) is 4. The summed E-state index contributed by atoms with van der Waals surface area (Å²) in [5.74, 6) is 2.51. The average Bonchev–Trinajstić information content (AvgIpc) is 2.68. The molecule has 1 heteroatoms. The molecule has 0 saturated carbocycles. The fraction of sp³-hybridized carbons (Fsp3) is 0.500. The van der Waals surface area contributed by atoms with Crippen molar-refractivity contribution in [3.8, 4) is 0 Å². The first kappa shape index (κ1) is 12.8. The molecular weight excluding hydrogens is 223 g/mol. The number of rotatable bonds is 6. The molecule has 0 N–H and O–H groups in total. The second-order valence-electron chi connectivity index (χ2n) is 5.28. The van der Waals surface area contributed by atoms with Crippen LogP contribution in [0.25, 0.3) is 6.08 Å². The van der Waals surface area contributed by atoms with Crippen LogP contribution in [0.2, 0.25) is 0 Å². The molecule has 0 amide bonds. The topological polar surface area (TPSA) is 0 Å². The third-order valence-corrected chi connectivity index (χ3v) is 7.36. The van der Waals surface area contributed by atoms with E-state index in [1.54, 1.807) is 5.30 Å². The van der Waals surface area contributed by atoms with E-state index in [1.807, 2.05) is 0 Å². The number of fused-ring (bicyclic) bond motifs is 1. The molecule has 1 heterocycles. The summed E-state index contributed by atoms with van der Waals surface area (Å²) >= 11 is 0. The predicted molar refractivity (Wildman–Crippen MR) is 81.6 cm³/mol. The molecule has 0 aromatic heterocycles. The maximum Gasteiger partial charge on any atom is 0.105 e. The van der Waals surface area contributed by atoms with Crippen molar-refractivity contribution in [1.29, 1.82) is 0 Å². The Labute approximate surface area is 106 Å². The van der Waals surface area contributed by atoms with E-state index in [2.05, 4.69) is 49.7 Å². The number of hydrogen-bond acceptors (Lipinski definition) is 0. The third kappa shape index (κ3) is 2.99. The number of benzene rings is 1. The van der Waals surface area contributed by atoms with Gasteiger partial charge in [0, 0.05) is 5.56 Å². The van der Waals surface area contributed by atoms with Crippen molar-refractivity contribution in [3.05, 3.63) is 35.6 Å². The SMILES string of the molecule is CCCCCCC[P+]1(C)C=Cc2ccccc21. The highest BCUT2D eigenvalue weighted by Gasteiger charge is 2.36. The van der Waals surface area contributed by atoms with Gasteiger partial charge in [-0.15, -0.1) is 0 Å². The van der Waals surface area contributed by atoms with Crippen LogP contribution >= 0.6 is 7.26 Å². The molecule has 1 aromatic rings. The van der Waals surface area contributed by atoms with Gasteiger partial charge in [0.15, 0.2) is 0 Å². The maximum atomic E-state index is 2.51. The standard InChI is InChI=1S/C16H24P/c1-3-4-5-6-9-13-17(2)14-12-15-10-7-8-11-16(15)17/h7-8,10-12,14H,3-6,9,13H2,1-2H3/q+1. The Morgan fingerprint density at radius 2 is 1.76 bits per heavy atom. The van der Waals surface area contributed by atoms with Gasteiger partial charge in [0.2, 0.25) is 0 Å². The van der Waals surface area contributed by atoms with Crippen LogP contribution in [0.15, 0.2) is 30.1 Å². The van der Waals surface area contributed by atoms with Crippen LogP contribution in [0.3, 0.4) is 0 Å². The van der Waals surface area contributed by atoms with Crippen LogP contribution in [0.4, 0.5) is 0 Å². The first-order chi connectivity index (χ1) is 8.26. The molecule has 1 aliphatic heterocycles. The molecular formula is C16H24P+. The molecule has 1 aliphatic rings. The Balaban J connectivity index is 1.91. The minimum Gasteiger partial charge on any atom is -0.0654 e. The lowest BCUT2D eigenvalue weighted by Gasteiger charge is -2.16. The second-order valence-corrected chi connectivity index (χ2v) is 9.04. The van der Waals surface area contributed by atoms with Gasteiger partial charge < -0.3 is 0 Å². The summed E-state index contributed by atoms with van der Waals surface area (Å²) in [6.45, 7) is 4.78. The summed E-state index contributed by atoms with van der Waals surface area (Å²) in [6, 6.07) is 8.95. The highest BCUT2D eigenvalue weighted by atomic mass is 31.2. The smallest absolute Gasteiger partial charge is 0.0654 e. The first-order valence-corrected chi connectivity index (χ1v) is 9.39. The largest absolute Gasteiger partial charge is 0.105 e. The van der Waals surface area contributed by atoms with Crippen molar-refractivity contribution >= 4 is 18.6 Å². The summed E-state index contributed by atoms with van der Waals surface area (Å²) < 4.78 is 0. The molecule has 0 aliphatic carbocycles. The summed E-state index contributed by atoms with van der Waals surface area (Å²) in [5.41, 5.74) is 1.47. The van der Waals surface area contributed by atoms with Crippen molar-refractivity contribution in [2.24, 2.45) is 0 Å². The zero-order valence-electron chi connectivity index (χ0n) is 11.2. The first-order valence-electron chi connectivity index (χ1n) is 6.90. The minimum atomic E-state index is -0.939. The van der Waals surface area contributed by atoms with Crippen LogP contribution in [0.5, 0.6) is 0 Å². The lowest BCUT2D eigenvalue weighted by Crippen LogP contribution is -2.10. The van der Waals surface area contributed by atoms with Crippen LogP contribution in [-0.2, 0) is 0 Å². The zero-order valence-corrected chi connectivity index (χ0v) is 12.0. The van der Waals surface area contributed by atoms with Gasteiger partial charge in [0.1, 0.15) is 5.30 Å². The summed E-state index contributed by atoms with van der Waals surface area (Å²) in [4.78, 5) is 0. The minimum absolute atomic E-state index is 0.939. The maximum absolute atomic E-state index is 2.51. The molecule has 1 atom stereocenters. The lowest BCUT2D eigenvalue weighted by molar-refractivity contribution is 0.658. The van der Waals surface area contributed by atoms with Crippen molar-refractivity contribution in [1.82, 2.24) is 0 Å². The Bertz CT molecular complexity index is 394. The molecule has 0 fully saturated rings. The summed E-state index contributed by atoms with van der Waals surface area (Å²) in [7, 11) is -0.939. The molecule has 1 aromatic carbocycles.